The summed E-state index contributed by atoms with van der Waals surface area (Å²) >= 11 is 7.81. The normalized spacial score (nSPS) is 19.2. The van der Waals surface area contributed by atoms with Crippen molar-refractivity contribution in [2.24, 2.45) is 0 Å². The number of hydrogen-bond donors (Lipinski definition) is 1. The number of halogens is 1. The van der Waals surface area contributed by atoms with Crippen LogP contribution in [0.1, 0.15) is 43.5 Å². The van der Waals surface area contributed by atoms with Gasteiger partial charge in [-0.3, -0.25) is 18.9 Å². The van der Waals surface area contributed by atoms with Crippen molar-refractivity contribution in [3.8, 4) is 0 Å². The maximum absolute atomic E-state index is 13.8. The molecule has 206 valence electrons. The van der Waals surface area contributed by atoms with E-state index in [1.54, 1.807) is 6.20 Å². The van der Waals surface area contributed by atoms with Gasteiger partial charge in [0.15, 0.2) is 5.65 Å². The molecule has 2 saturated heterocycles. The highest BCUT2D eigenvalue weighted by Crippen LogP contribution is 2.33. The van der Waals surface area contributed by atoms with Crippen LogP contribution in [0.25, 0.3) is 26.1 Å². The van der Waals surface area contributed by atoms with Crippen molar-refractivity contribution in [1.29, 1.82) is 0 Å². The molecule has 2 aliphatic heterocycles. The van der Waals surface area contributed by atoms with Crippen molar-refractivity contribution in [2.45, 2.75) is 45.2 Å². The van der Waals surface area contributed by atoms with Crippen LogP contribution in [-0.2, 0) is 0 Å². The standard InChI is InChI=1S/C28H34ClN7O2S/c1-17(2)34-11-13-35(14-12-34)28-31-16-20-24(37)23(26(38)30-9-8-19-5-4-10-33(19)3)27-36(25(20)32-28)21-15-18(29)6-7-22(21)39-27/h6-7,15-17,19H,4-5,8-14H2,1-3H3,(H,30,38). The van der Waals surface area contributed by atoms with E-state index >= 15 is 0 Å². The second kappa shape index (κ2) is 10.6. The van der Waals surface area contributed by atoms with E-state index in [0.29, 0.717) is 45.5 Å². The Bertz CT molecular complexity index is 1610. The minimum atomic E-state index is -0.355. The minimum Gasteiger partial charge on any atom is -0.352 e. The number of carbonyl (C=O) groups excluding carboxylic acids is 1. The Labute approximate surface area is 236 Å². The molecular formula is C28H34ClN7O2S. The molecule has 1 unspecified atom stereocenters. The first-order valence-electron chi connectivity index (χ1n) is 13.7. The van der Waals surface area contributed by atoms with E-state index in [1.165, 1.54) is 17.8 Å². The molecular weight excluding hydrogens is 534 g/mol. The first-order chi connectivity index (χ1) is 18.8. The highest BCUT2D eigenvalue weighted by atomic mass is 35.5. The number of thiazole rings is 1. The molecule has 1 aromatic carbocycles. The van der Waals surface area contributed by atoms with Crippen LogP contribution < -0.4 is 15.6 Å². The van der Waals surface area contributed by atoms with E-state index in [4.69, 9.17) is 16.6 Å². The quantitative estimate of drug-likeness (QED) is 0.379. The van der Waals surface area contributed by atoms with Gasteiger partial charge in [-0.1, -0.05) is 11.6 Å². The van der Waals surface area contributed by atoms with Crippen molar-refractivity contribution in [3.05, 3.63) is 45.2 Å². The van der Waals surface area contributed by atoms with Crippen LogP contribution in [0.15, 0.2) is 29.2 Å². The number of nitrogens with one attached hydrogen (secondary N) is 1. The number of hydrogen-bond acceptors (Lipinski definition) is 8. The molecule has 11 heteroatoms. The second-order valence-electron chi connectivity index (χ2n) is 10.9. The number of aromatic nitrogens is 3. The summed E-state index contributed by atoms with van der Waals surface area (Å²) in [6.07, 6.45) is 4.76. The van der Waals surface area contributed by atoms with Gasteiger partial charge < -0.3 is 15.1 Å². The summed E-state index contributed by atoms with van der Waals surface area (Å²) in [4.78, 5) is 44.3. The molecule has 4 aromatic rings. The zero-order valence-electron chi connectivity index (χ0n) is 22.6. The van der Waals surface area contributed by atoms with Gasteiger partial charge in [-0.15, -0.1) is 11.3 Å². The monoisotopic (exact) mass is 567 g/mol. The van der Waals surface area contributed by atoms with Crippen molar-refractivity contribution in [2.75, 3.05) is 51.2 Å². The number of carbonyl (C=O) groups is 1. The topological polar surface area (TPSA) is 86.1 Å². The molecule has 1 amide bonds. The zero-order chi connectivity index (χ0) is 27.3. The molecule has 0 aliphatic carbocycles. The van der Waals surface area contributed by atoms with E-state index in [2.05, 4.69) is 45.9 Å². The van der Waals surface area contributed by atoms with Crippen LogP contribution in [0.4, 0.5) is 5.95 Å². The lowest BCUT2D eigenvalue weighted by Gasteiger charge is -2.36. The molecule has 0 spiro atoms. The molecule has 2 aliphatic rings. The van der Waals surface area contributed by atoms with Gasteiger partial charge in [-0.2, -0.15) is 4.98 Å². The number of nitrogens with zero attached hydrogens (tertiary/aromatic N) is 6. The number of piperazine rings is 1. The second-order valence-corrected chi connectivity index (χ2v) is 12.4. The van der Waals surface area contributed by atoms with Crippen LogP contribution in [0, 0.1) is 0 Å². The number of fused-ring (bicyclic) bond motifs is 5. The average molecular weight is 568 g/mol. The van der Waals surface area contributed by atoms with Gasteiger partial charge in [0.05, 0.1) is 15.6 Å². The SMILES string of the molecule is CC(C)N1CCN(c2ncc3c(=O)c(C(=O)NCCC4CCCN4C)c4sc5ccc(Cl)cc5n4c3n2)CC1. The summed E-state index contributed by atoms with van der Waals surface area (Å²) in [6.45, 7) is 9.51. The van der Waals surface area contributed by atoms with Crippen molar-refractivity contribution >= 4 is 60.9 Å². The average Bonchev–Trinajstić information content (AvgIpc) is 3.51. The first-order valence-corrected chi connectivity index (χ1v) is 14.9. The van der Waals surface area contributed by atoms with E-state index in [1.807, 2.05) is 22.6 Å². The van der Waals surface area contributed by atoms with Crippen molar-refractivity contribution in [1.82, 2.24) is 29.5 Å². The van der Waals surface area contributed by atoms with Gasteiger partial charge in [0.2, 0.25) is 11.4 Å². The van der Waals surface area contributed by atoms with E-state index in [0.717, 1.165) is 55.8 Å². The van der Waals surface area contributed by atoms with Crippen LogP contribution in [0.5, 0.6) is 0 Å². The Morgan fingerprint density at radius 3 is 2.72 bits per heavy atom. The maximum Gasteiger partial charge on any atom is 0.258 e. The predicted octanol–water partition coefficient (Wildman–Crippen LogP) is 3.86. The van der Waals surface area contributed by atoms with E-state index < -0.39 is 0 Å². The third-order valence-corrected chi connectivity index (χ3v) is 9.59. The zero-order valence-corrected chi connectivity index (χ0v) is 24.2. The Morgan fingerprint density at radius 1 is 1.21 bits per heavy atom. The molecule has 2 fully saturated rings. The lowest BCUT2D eigenvalue weighted by Crippen LogP contribution is -2.49. The van der Waals surface area contributed by atoms with Crippen molar-refractivity contribution in [3.63, 3.8) is 0 Å². The fourth-order valence-electron chi connectivity index (χ4n) is 5.89. The van der Waals surface area contributed by atoms with Gasteiger partial charge >= 0.3 is 0 Å². The van der Waals surface area contributed by atoms with Crippen LogP contribution >= 0.6 is 22.9 Å². The number of pyridine rings is 1. The van der Waals surface area contributed by atoms with Crippen LogP contribution in [-0.4, -0.2) is 88.5 Å². The van der Waals surface area contributed by atoms with Gasteiger partial charge in [-0.05, 0) is 64.9 Å². The maximum atomic E-state index is 13.8. The minimum absolute atomic E-state index is 0.140. The molecule has 0 radical (unpaired) electrons. The van der Waals surface area contributed by atoms with E-state index in [9.17, 15) is 9.59 Å². The molecule has 39 heavy (non-hydrogen) atoms. The van der Waals surface area contributed by atoms with Crippen molar-refractivity contribution < 1.29 is 4.79 Å². The highest BCUT2D eigenvalue weighted by Gasteiger charge is 2.26. The summed E-state index contributed by atoms with van der Waals surface area (Å²) < 4.78 is 2.84. The third-order valence-electron chi connectivity index (χ3n) is 8.21. The first kappa shape index (κ1) is 26.4. The summed E-state index contributed by atoms with van der Waals surface area (Å²) in [5.74, 6) is 0.241. The number of anilines is 1. The summed E-state index contributed by atoms with van der Waals surface area (Å²) in [5.41, 5.74) is 1.13. The Balaban J connectivity index is 1.42. The lowest BCUT2D eigenvalue weighted by atomic mass is 10.1. The lowest BCUT2D eigenvalue weighted by molar-refractivity contribution is 0.0951. The number of likely N-dealkylation sites (tertiary alicyclic amines) is 1. The fourth-order valence-corrected chi connectivity index (χ4v) is 7.21. The number of benzene rings is 1. The molecule has 1 atom stereocenters. The van der Waals surface area contributed by atoms with Gasteiger partial charge in [0, 0.05) is 56.0 Å². The largest absolute Gasteiger partial charge is 0.352 e. The molecule has 1 N–H and O–H groups in total. The van der Waals surface area contributed by atoms with Gasteiger partial charge in [0.1, 0.15) is 10.4 Å². The fraction of sp³-hybridized carbons (Fsp3) is 0.500. The van der Waals surface area contributed by atoms with E-state index in [-0.39, 0.29) is 16.9 Å². The van der Waals surface area contributed by atoms with Crippen LogP contribution in [0.2, 0.25) is 5.02 Å². The molecule has 0 saturated carbocycles. The highest BCUT2D eigenvalue weighted by molar-refractivity contribution is 7.24. The molecule has 9 nitrogen and oxygen atoms in total. The summed E-state index contributed by atoms with van der Waals surface area (Å²) in [5, 5.41) is 3.94. The molecule has 5 heterocycles. The smallest absolute Gasteiger partial charge is 0.258 e. The summed E-state index contributed by atoms with van der Waals surface area (Å²) in [7, 11) is 2.12. The number of rotatable bonds is 6. The Morgan fingerprint density at radius 2 is 2.00 bits per heavy atom. The predicted molar refractivity (Wildman–Crippen MR) is 159 cm³/mol. The number of amides is 1. The third kappa shape index (κ3) is 4.88. The Kier molecular flexibility index (Phi) is 7.22. The molecule has 0 bridgehead atoms. The Hall–Kier alpha value is -2.79. The van der Waals surface area contributed by atoms with Gasteiger partial charge in [0.25, 0.3) is 5.91 Å². The summed E-state index contributed by atoms with van der Waals surface area (Å²) in [6, 6.07) is 6.57. The molecule has 6 rings (SSSR count). The van der Waals surface area contributed by atoms with Crippen LogP contribution in [0.3, 0.4) is 0 Å². The van der Waals surface area contributed by atoms with Gasteiger partial charge in [-0.25, -0.2) is 4.98 Å². The molecule has 3 aromatic heterocycles.